The van der Waals surface area contributed by atoms with Crippen LogP contribution in [0.3, 0.4) is 0 Å². The Morgan fingerprint density at radius 1 is 1.18 bits per heavy atom. The van der Waals surface area contributed by atoms with E-state index in [2.05, 4.69) is 10.6 Å². The molecule has 1 aliphatic heterocycles. The molecule has 1 aromatic carbocycles. The minimum absolute atomic E-state index is 0.138. The molecule has 4 N–H and O–H groups in total. The first-order chi connectivity index (χ1) is 10.7. The topological polar surface area (TPSA) is 80.3 Å². The summed E-state index contributed by atoms with van der Waals surface area (Å²) in [6.07, 6.45) is 2.23. The molecule has 114 valence electrons. The van der Waals surface area contributed by atoms with Crippen LogP contribution in [0.25, 0.3) is 11.3 Å². The smallest absolute Gasteiger partial charge is 0.287 e. The first kappa shape index (κ1) is 13.4. The molecule has 5 nitrogen and oxygen atoms in total. The first-order valence-electron chi connectivity index (χ1n) is 7.69. The van der Waals surface area contributed by atoms with E-state index in [1.54, 1.807) is 6.07 Å². The van der Waals surface area contributed by atoms with Crippen LogP contribution in [0, 0.1) is 5.92 Å². The average molecular weight is 297 g/mol. The molecule has 1 saturated carbocycles. The fourth-order valence-corrected chi connectivity index (χ4v) is 3.51. The molecule has 3 unspecified atom stereocenters. The second-order valence-electron chi connectivity index (χ2n) is 6.22. The number of amides is 1. The van der Waals surface area contributed by atoms with Crippen LogP contribution in [0.15, 0.2) is 40.8 Å². The van der Waals surface area contributed by atoms with Gasteiger partial charge in [0.2, 0.25) is 0 Å². The number of hydrogen-bond acceptors (Lipinski definition) is 4. The quantitative estimate of drug-likeness (QED) is 0.757. The highest BCUT2D eigenvalue weighted by Crippen LogP contribution is 2.31. The van der Waals surface area contributed by atoms with E-state index in [4.69, 9.17) is 10.2 Å². The van der Waals surface area contributed by atoms with Gasteiger partial charge >= 0.3 is 0 Å². The van der Waals surface area contributed by atoms with Gasteiger partial charge in [0.25, 0.3) is 5.91 Å². The summed E-state index contributed by atoms with van der Waals surface area (Å²) in [5, 5.41) is 6.53. The molecular weight excluding hydrogens is 278 g/mol. The van der Waals surface area contributed by atoms with E-state index in [9.17, 15) is 4.79 Å². The Balaban J connectivity index is 1.46. The molecule has 1 amide bonds. The third-order valence-electron chi connectivity index (χ3n) is 4.67. The van der Waals surface area contributed by atoms with Crippen molar-refractivity contribution in [3.63, 3.8) is 0 Å². The van der Waals surface area contributed by atoms with Gasteiger partial charge in [-0.25, -0.2) is 0 Å². The predicted molar refractivity (Wildman–Crippen MR) is 84.3 cm³/mol. The maximum Gasteiger partial charge on any atom is 0.287 e. The monoisotopic (exact) mass is 297 g/mol. The summed E-state index contributed by atoms with van der Waals surface area (Å²) in [6.45, 7) is 1.08. The summed E-state index contributed by atoms with van der Waals surface area (Å²) in [7, 11) is 0. The van der Waals surface area contributed by atoms with Gasteiger partial charge in [-0.1, -0.05) is 0 Å². The molecular formula is C17H19N3O2. The molecule has 22 heavy (non-hydrogen) atoms. The van der Waals surface area contributed by atoms with E-state index in [0.717, 1.165) is 18.5 Å². The van der Waals surface area contributed by atoms with Crippen molar-refractivity contribution in [1.82, 2.24) is 10.6 Å². The van der Waals surface area contributed by atoms with Gasteiger partial charge in [-0.3, -0.25) is 4.79 Å². The zero-order chi connectivity index (χ0) is 15.1. The highest BCUT2D eigenvalue weighted by molar-refractivity contribution is 5.92. The van der Waals surface area contributed by atoms with Crippen molar-refractivity contribution in [2.24, 2.45) is 5.92 Å². The van der Waals surface area contributed by atoms with Crippen LogP contribution in [-0.2, 0) is 0 Å². The number of nitrogens with one attached hydrogen (secondary N) is 2. The van der Waals surface area contributed by atoms with Gasteiger partial charge < -0.3 is 20.8 Å². The summed E-state index contributed by atoms with van der Waals surface area (Å²) >= 11 is 0. The lowest BCUT2D eigenvalue weighted by Gasteiger charge is -2.23. The lowest BCUT2D eigenvalue weighted by molar-refractivity contribution is 0.0901. The lowest BCUT2D eigenvalue weighted by Crippen LogP contribution is -2.47. The van der Waals surface area contributed by atoms with Gasteiger partial charge in [0.15, 0.2) is 5.76 Å². The fraction of sp³-hybridized carbons (Fsp3) is 0.353. The van der Waals surface area contributed by atoms with Crippen molar-refractivity contribution >= 4 is 11.6 Å². The molecule has 1 saturated heterocycles. The Hall–Kier alpha value is -2.27. The van der Waals surface area contributed by atoms with Crippen molar-refractivity contribution in [1.29, 1.82) is 0 Å². The summed E-state index contributed by atoms with van der Waals surface area (Å²) < 4.78 is 5.69. The Kier molecular flexibility index (Phi) is 3.15. The van der Waals surface area contributed by atoms with Crippen molar-refractivity contribution in [3.8, 4) is 11.3 Å². The number of nitrogens with two attached hydrogens (primary N) is 1. The third kappa shape index (κ3) is 2.37. The molecule has 0 radical (unpaired) electrons. The number of nitrogen functional groups attached to an aromatic ring is 1. The predicted octanol–water partition coefficient (Wildman–Crippen LogP) is 2.01. The van der Waals surface area contributed by atoms with Crippen LogP contribution >= 0.6 is 0 Å². The van der Waals surface area contributed by atoms with Crippen LogP contribution in [0.5, 0.6) is 0 Å². The number of benzene rings is 1. The van der Waals surface area contributed by atoms with E-state index >= 15 is 0 Å². The molecule has 1 aliphatic carbocycles. The zero-order valence-corrected chi connectivity index (χ0v) is 12.2. The highest BCUT2D eigenvalue weighted by Gasteiger charge is 2.40. The largest absolute Gasteiger partial charge is 0.451 e. The maximum atomic E-state index is 12.3. The Morgan fingerprint density at radius 2 is 2.00 bits per heavy atom. The summed E-state index contributed by atoms with van der Waals surface area (Å²) in [6, 6.07) is 11.6. The second kappa shape index (κ2) is 5.18. The van der Waals surface area contributed by atoms with Gasteiger partial charge in [0.05, 0.1) is 0 Å². The molecule has 2 fully saturated rings. The fourth-order valence-electron chi connectivity index (χ4n) is 3.51. The standard InChI is InChI=1S/C17H19N3O2/c18-12-3-1-11(2-4-12)15-5-6-16(22-15)17(21)20-14-8-10-7-13(14)19-9-10/h1-6,10,13-14,19H,7-9,18H2,(H,20,21). The molecule has 1 aromatic heterocycles. The maximum absolute atomic E-state index is 12.3. The van der Waals surface area contributed by atoms with Gasteiger partial charge in [-0.2, -0.15) is 0 Å². The van der Waals surface area contributed by atoms with E-state index in [1.165, 1.54) is 6.42 Å². The van der Waals surface area contributed by atoms with Crippen LogP contribution in [0.2, 0.25) is 0 Å². The molecule has 0 spiro atoms. The van der Waals surface area contributed by atoms with Crippen molar-refractivity contribution in [3.05, 3.63) is 42.2 Å². The number of fused-ring (bicyclic) bond motifs is 2. The van der Waals surface area contributed by atoms with Crippen LogP contribution in [0.1, 0.15) is 23.4 Å². The third-order valence-corrected chi connectivity index (χ3v) is 4.67. The number of piperidine rings is 1. The van der Waals surface area contributed by atoms with E-state index in [1.807, 2.05) is 30.3 Å². The highest BCUT2D eigenvalue weighted by atomic mass is 16.3. The van der Waals surface area contributed by atoms with Gasteiger partial charge in [0.1, 0.15) is 5.76 Å². The summed E-state index contributed by atoms with van der Waals surface area (Å²) in [5.74, 6) is 1.60. The number of furan rings is 1. The normalized spacial score (nSPS) is 26.3. The number of anilines is 1. The molecule has 2 bridgehead atoms. The molecule has 4 rings (SSSR count). The van der Waals surface area contributed by atoms with Gasteiger partial charge in [0, 0.05) is 23.3 Å². The van der Waals surface area contributed by atoms with Crippen LogP contribution < -0.4 is 16.4 Å². The Morgan fingerprint density at radius 3 is 2.68 bits per heavy atom. The molecule has 2 aromatic rings. The molecule has 2 aliphatic rings. The Labute approximate surface area is 128 Å². The molecule has 2 heterocycles. The van der Waals surface area contributed by atoms with Crippen LogP contribution in [-0.4, -0.2) is 24.5 Å². The summed E-state index contributed by atoms with van der Waals surface area (Å²) in [4.78, 5) is 12.3. The first-order valence-corrected chi connectivity index (χ1v) is 7.69. The van der Waals surface area contributed by atoms with E-state index in [-0.39, 0.29) is 11.9 Å². The lowest BCUT2D eigenvalue weighted by atomic mass is 10.1. The number of hydrogen-bond donors (Lipinski definition) is 3. The minimum atomic E-state index is -0.138. The molecule has 5 heteroatoms. The van der Waals surface area contributed by atoms with Crippen LogP contribution in [0.4, 0.5) is 5.69 Å². The minimum Gasteiger partial charge on any atom is -0.451 e. The van der Waals surface area contributed by atoms with E-state index < -0.39 is 0 Å². The number of carbonyl (C=O) groups excluding carboxylic acids is 1. The number of rotatable bonds is 3. The van der Waals surface area contributed by atoms with Crippen molar-refractivity contribution in [2.45, 2.75) is 24.9 Å². The average Bonchev–Trinajstić information content (AvgIpc) is 3.24. The Bertz CT molecular complexity index is 692. The molecule has 3 atom stereocenters. The number of carbonyl (C=O) groups is 1. The zero-order valence-electron chi connectivity index (χ0n) is 12.2. The second-order valence-corrected chi connectivity index (χ2v) is 6.22. The van der Waals surface area contributed by atoms with Crippen molar-refractivity contribution < 1.29 is 9.21 Å². The SMILES string of the molecule is Nc1ccc(-c2ccc(C(=O)NC3CC4CNC3C4)o2)cc1. The van der Waals surface area contributed by atoms with Gasteiger partial charge in [-0.15, -0.1) is 0 Å². The summed E-state index contributed by atoms with van der Waals surface area (Å²) in [5.41, 5.74) is 7.30. The van der Waals surface area contributed by atoms with E-state index in [0.29, 0.717) is 29.2 Å². The van der Waals surface area contributed by atoms with Crippen molar-refractivity contribution in [2.75, 3.05) is 12.3 Å². The van der Waals surface area contributed by atoms with Gasteiger partial charge in [-0.05, 0) is 61.7 Å².